The van der Waals surface area contributed by atoms with E-state index in [9.17, 15) is 9.59 Å². The Kier molecular flexibility index (Phi) is 24.6. The Labute approximate surface area is 197 Å². The predicted octanol–water partition coefficient (Wildman–Crippen LogP) is 4.48. The van der Waals surface area contributed by atoms with Gasteiger partial charge >= 0.3 is 12.1 Å². The Hall–Kier alpha value is -1.50. The van der Waals surface area contributed by atoms with Crippen molar-refractivity contribution in [3.8, 4) is 0 Å². The molecule has 190 valence electrons. The zero-order valence-electron chi connectivity index (χ0n) is 21.1. The molecule has 0 aliphatic rings. The van der Waals surface area contributed by atoms with Crippen molar-refractivity contribution in [2.75, 3.05) is 32.7 Å². The summed E-state index contributed by atoms with van der Waals surface area (Å²) < 4.78 is 0. The van der Waals surface area contributed by atoms with Crippen LogP contribution in [-0.2, 0) is 0 Å². The fraction of sp³-hybridized carbons (Fsp3) is 0.920. The molecule has 7 nitrogen and oxygen atoms in total. The minimum atomic E-state index is -0.0675. The summed E-state index contributed by atoms with van der Waals surface area (Å²) in [7, 11) is 0. The zero-order chi connectivity index (χ0) is 23.5. The SMILES string of the molecule is CCCCCCCCCCCCNC(=O)NCCCCCCCNC(=O)NCCCC[NH3+]. The fourth-order valence-corrected chi connectivity index (χ4v) is 3.63. The average molecular weight is 457 g/mol. The molecule has 0 aromatic carbocycles. The van der Waals surface area contributed by atoms with Crippen molar-refractivity contribution in [3.63, 3.8) is 0 Å². The molecule has 0 unspecified atom stereocenters. The summed E-state index contributed by atoms with van der Waals surface area (Å²) in [4.78, 5) is 23.3. The molecular weight excluding hydrogens is 402 g/mol. The topological polar surface area (TPSA) is 110 Å². The molecule has 4 amide bonds. The standard InChI is InChI=1S/C25H53N5O2/c1-2-3-4-5-6-7-8-9-11-15-20-27-24(31)28-21-16-12-10-13-17-22-29-25(32)30-23-18-14-19-26/h2-23,26H2,1H3,(H2,27,28,31)(H2,29,30,32)/p+1. The molecule has 0 rings (SSSR count). The number of nitrogens with one attached hydrogen (secondary N) is 4. The van der Waals surface area contributed by atoms with Crippen LogP contribution in [0.5, 0.6) is 0 Å². The van der Waals surface area contributed by atoms with Crippen LogP contribution in [0.3, 0.4) is 0 Å². The van der Waals surface area contributed by atoms with Crippen molar-refractivity contribution >= 4 is 12.1 Å². The Morgan fingerprint density at radius 2 is 0.750 bits per heavy atom. The summed E-state index contributed by atoms with van der Waals surface area (Å²) >= 11 is 0. The molecular formula is C25H54N5O2+. The number of amides is 4. The first-order valence-electron chi connectivity index (χ1n) is 13.5. The van der Waals surface area contributed by atoms with E-state index in [1.807, 2.05) is 0 Å². The fourth-order valence-electron chi connectivity index (χ4n) is 3.63. The number of unbranched alkanes of at least 4 members (excludes halogenated alkanes) is 14. The lowest BCUT2D eigenvalue weighted by Crippen LogP contribution is -2.50. The molecule has 0 aromatic heterocycles. The van der Waals surface area contributed by atoms with Gasteiger partial charge in [-0.25, -0.2) is 9.59 Å². The molecule has 0 aliphatic heterocycles. The summed E-state index contributed by atoms with van der Waals surface area (Å²) in [6.07, 6.45) is 20.5. The van der Waals surface area contributed by atoms with Gasteiger partial charge in [0.2, 0.25) is 0 Å². The molecule has 7 heteroatoms. The zero-order valence-corrected chi connectivity index (χ0v) is 21.1. The van der Waals surface area contributed by atoms with Gasteiger partial charge in [-0.05, 0) is 32.1 Å². The highest BCUT2D eigenvalue weighted by molar-refractivity contribution is 5.74. The molecule has 7 N–H and O–H groups in total. The third-order valence-electron chi connectivity index (χ3n) is 5.70. The van der Waals surface area contributed by atoms with E-state index >= 15 is 0 Å². The molecule has 32 heavy (non-hydrogen) atoms. The van der Waals surface area contributed by atoms with Crippen LogP contribution in [0.2, 0.25) is 0 Å². The van der Waals surface area contributed by atoms with Gasteiger partial charge in [0.1, 0.15) is 0 Å². The van der Waals surface area contributed by atoms with Gasteiger partial charge in [-0.3, -0.25) is 0 Å². The largest absolute Gasteiger partial charge is 0.358 e. The second-order valence-electron chi connectivity index (χ2n) is 8.88. The van der Waals surface area contributed by atoms with Gasteiger partial charge in [-0.2, -0.15) is 0 Å². The molecule has 0 saturated heterocycles. The quantitative estimate of drug-likeness (QED) is 0.146. The summed E-state index contributed by atoms with van der Waals surface area (Å²) in [5, 5.41) is 11.7. The molecule has 0 bridgehead atoms. The maximum absolute atomic E-state index is 11.8. The molecule has 0 atom stereocenters. The van der Waals surface area contributed by atoms with Gasteiger partial charge < -0.3 is 27.0 Å². The average Bonchev–Trinajstić information content (AvgIpc) is 2.79. The third-order valence-corrected chi connectivity index (χ3v) is 5.70. The lowest BCUT2D eigenvalue weighted by atomic mass is 10.1. The number of rotatable bonds is 23. The maximum Gasteiger partial charge on any atom is 0.314 e. The molecule has 0 aliphatic carbocycles. The van der Waals surface area contributed by atoms with Crippen LogP contribution in [0.15, 0.2) is 0 Å². The highest BCUT2D eigenvalue weighted by Crippen LogP contribution is 2.10. The van der Waals surface area contributed by atoms with E-state index < -0.39 is 0 Å². The maximum atomic E-state index is 11.8. The first-order chi connectivity index (χ1) is 15.7. The van der Waals surface area contributed by atoms with E-state index in [2.05, 4.69) is 33.9 Å². The van der Waals surface area contributed by atoms with E-state index in [1.54, 1.807) is 0 Å². The van der Waals surface area contributed by atoms with Gasteiger partial charge in [0.15, 0.2) is 0 Å². The van der Waals surface area contributed by atoms with Crippen LogP contribution in [0, 0.1) is 0 Å². The van der Waals surface area contributed by atoms with Crippen molar-refractivity contribution in [2.45, 2.75) is 116 Å². The smallest absolute Gasteiger partial charge is 0.314 e. The first-order valence-corrected chi connectivity index (χ1v) is 13.5. The lowest BCUT2D eigenvalue weighted by molar-refractivity contribution is -0.368. The molecule has 0 aromatic rings. The summed E-state index contributed by atoms with van der Waals surface area (Å²) in [6.45, 7) is 6.14. The van der Waals surface area contributed by atoms with E-state index in [1.165, 1.54) is 57.8 Å². The van der Waals surface area contributed by atoms with Crippen molar-refractivity contribution in [1.82, 2.24) is 21.3 Å². The van der Waals surface area contributed by atoms with Crippen LogP contribution < -0.4 is 27.0 Å². The van der Waals surface area contributed by atoms with Crippen LogP contribution in [-0.4, -0.2) is 44.8 Å². The first kappa shape index (κ1) is 30.5. The second kappa shape index (κ2) is 25.8. The van der Waals surface area contributed by atoms with Gasteiger partial charge in [-0.15, -0.1) is 0 Å². The molecule has 0 fully saturated rings. The predicted molar refractivity (Wildman–Crippen MR) is 135 cm³/mol. The van der Waals surface area contributed by atoms with Crippen LogP contribution in [0.1, 0.15) is 116 Å². The monoisotopic (exact) mass is 456 g/mol. The summed E-state index contributed by atoms with van der Waals surface area (Å²) in [6, 6.07) is -0.103. The Morgan fingerprint density at radius 3 is 1.06 bits per heavy atom. The summed E-state index contributed by atoms with van der Waals surface area (Å²) in [5.74, 6) is 0. The van der Waals surface area contributed by atoms with Gasteiger partial charge in [0, 0.05) is 26.2 Å². The molecule has 0 heterocycles. The Morgan fingerprint density at radius 1 is 0.469 bits per heavy atom. The number of carbonyl (C=O) groups excluding carboxylic acids is 2. The number of quaternary nitrogens is 1. The number of urea groups is 2. The normalized spacial score (nSPS) is 10.7. The third kappa shape index (κ3) is 24.8. The Bertz CT molecular complexity index is 421. The van der Waals surface area contributed by atoms with Crippen molar-refractivity contribution in [1.29, 1.82) is 0 Å². The van der Waals surface area contributed by atoms with Gasteiger partial charge in [0.25, 0.3) is 0 Å². The highest BCUT2D eigenvalue weighted by Gasteiger charge is 2.00. The molecule has 0 spiro atoms. The van der Waals surface area contributed by atoms with E-state index in [0.717, 1.165) is 84.1 Å². The number of hydrogen-bond acceptors (Lipinski definition) is 2. The van der Waals surface area contributed by atoms with Crippen LogP contribution in [0.4, 0.5) is 9.59 Å². The number of carbonyl (C=O) groups is 2. The van der Waals surface area contributed by atoms with Crippen molar-refractivity contribution in [2.24, 2.45) is 0 Å². The minimum absolute atomic E-state index is 0.0358. The Balaban J connectivity index is 3.23. The molecule has 0 radical (unpaired) electrons. The van der Waals surface area contributed by atoms with Crippen molar-refractivity contribution in [3.05, 3.63) is 0 Å². The van der Waals surface area contributed by atoms with Crippen molar-refractivity contribution < 1.29 is 15.3 Å². The number of hydrogen-bond donors (Lipinski definition) is 5. The second-order valence-corrected chi connectivity index (χ2v) is 8.88. The van der Waals surface area contributed by atoms with E-state index in [4.69, 9.17) is 0 Å². The highest BCUT2D eigenvalue weighted by atomic mass is 16.2. The van der Waals surface area contributed by atoms with Gasteiger partial charge in [-0.1, -0.05) is 84.0 Å². The lowest BCUT2D eigenvalue weighted by Gasteiger charge is -2.08. The van der Waals surface area contributed by atoms with Crippen LogP contribution >= 0.6 is 0 Å². The summed E-state index contributed by atoms with van der Waals surface area (Å²) in [5.41, 5.74) is 3.79. The van der Waals surface area contributed by atoms with E-state index in [-0.39, 0.29) is 12.1 Å². The van der Waals surface area contributed by atoms with Gasteiger partial charge in [0.05, 0.1) is 6.54 Å². The van der Waals surface area contributed by atoms with E-state index in [0.29, 0.717) is 0 Å². The molecule has 0 saturated carbocycles. The minimum Gasteiger partial charge on any atom is -0.358 e. The van der Waals surface area contributed by atoms with Crippen LogP contribution in [0.25, 0.3) is 0 Å².